The van der Waals surface area contributed by atoms with Crippen LogP contribution in [-0.4, -0.2) is 31.5 Å². The fraction of sp³-hybridized carbons (Fsp3) is 0.300. The minimum atomic E-state index is -2.31. The van der Waals surface area contributed by atoms with Gasteiger partial charge in [-0.3, -0.25) is 9.69 Å². The first kappa shape index (κ1) is 14.4. The van der Waals surface area contributed by atoms with Gasteiger partial charge in [-0.25, -0.2) is 13.2 Å². The Labute approximate surface area is 98.8 Å². The summed E-state index contributed by atoms with van der Waals surface area (Å²) in [6.07, 6.45) is 0. The van der Waals surface area contributed by atoms with Gasteiger partial charge < -0.3 is 4.74 Å². The Hall–Kier alpha value is -1.70. The molecule has 1 aromatic rings. The van der Waals surface area contributed by atoms with Gasteiger partial charge in [-0.05, 0) is 14.1 Å². The summed E-state index contributed by atoms with van der Waals surface area (Å²) < 4.78 is 68.5. The predicted molar refractivity (Wildman–Crippen MR) is 50.4 cm³/mol. The third-order valence-corrected chi connectivity index (χ3v) is 1.83. The SMILES string of the molecule is CN(C)CC(=O)Oc1c(F)c(F)c(F)c(F)c1F. The maximum atomic E-state index is 13.1. The van der Waals surface area contributed by atoms with Gasteiger partial charge in [0.05, 0.1) is 6.54 Å². The van der Waals surface area contributed by atoms with Gasteiger partial charge in [0.25, 0.3) is 0 Å². The Kier molecular flexibility index (Phi) is 4.23. The second-order valence-corrected chi connectivity index (χ2v) is 3.61. The van der Waals surface area contributed by atoms with Crippen LogP contribution in [0.15, 0.2) is 0 Å². The summed E-state index contributed by atoms with van der Waals surface area (Å²) in [5.41, 5.74) is 0. The van der Waals surface area contributed by atoms with Crippen molar-refractivity contribution in [3.05, 3.63) is 29.1 Å². The van der Waals surface area contributed by atoms with E-state index in [0.717, 1.165) is 0 Å². The summed E-state index contributed by atoms with van der Waals surface area (Å²) in [6, 6.07) is 0. The number of halogens is 5. The highest BCUT2D eigenvalue weighted by Gasteiger charge is 2.28. The molecule has 0 aliphatic heterocycles. The first-order chi connectivity index (χ1) is 8.25. The molecule has 0 aliphatic carbocycles. The lowest BCUT2D eigenvalue weighted by molar-refractivity contribution is -0.135. The Bertz CT molecular complexity index is 461. The maximum absolute atomic E-state index is 13.1. The van der Waals surface area contributed by atoms with Crippen molar-refractivity contribution in [3.63, 3.8) is 0 Å². The molecule has 0 aliphatic rings. The number of rotatable bonds is 3. The van der Waals surface area contributed by atoms with Crippen LogP contribution in [0.4, 0.5) is 22.0 Å². The lowest BCUT2D eigenvalue weighted by Crippen LogP contribution is -2.26. The average Bonchev–Trinajstić information content (AvgIpc) is 2.29. The summed E-state index contributed by atoms with van der Waals surface area (Å²) in [6.45, 7) is -0.376. The van der Waals surface area contributed by atoms with Gasteiger partial charge in [-0.1, -0.05) is 0 Å². The van der Waals surface area contributed by atoms with Crippen molar-refractivity contribution < 1.29 is 31.5 Å². The smallest absolute Gasteiger partial charge is 0.325 e. The zero-order valence-electron chi connectivity index (χ0n) is 9.36. The summed E-state index contributed by atoms with van der Waals surface area (Å²) in [5, 5.41) is 0. The number of benzene rings is 1. The molecule has 0 fully saturated rings. The molecule has 1 rings (SSSR count). The molecule has 0 N–H and O–H groups in total. The summed E-state index contributed by atoms with van der Waals surface area (Å²) in [4.78, 5) is 12.4. The largest absolute Gasteiger partial charge is 0.419 e. The highest BCUT2D eigenvalue weighted by atomic mass is 19.2. The molecule has 3 nitrogen and oxygen atoms in total. The Morgan fingerprint density at radius 2 is 1.33 bits per heavy atom. The van der Waals surface area contributed by atoms with Crippen LogP contribution in [-0.2, 0) is 4.79 Å². The van der Waals surface area contributed by atoms with Gasteiger partial charge in [0.2, 0.25) is 34.8 Å². The normalized spacial score (nSPS) is 10.9. The van der Waals surface area contributed by atoms with Gasteiger partial charge >= 0.3 is 5.97 Å². The Morgan fingerprint density at radius 3 is 1.72 bits per heavy atom. The van der Waals surface area contributed by atoms with E-state index >= 15 is 0 Å². The molecule has 18 heavy (non-hydrogen) atoms. The fourth-order valence-electron chi connectivity index (χ4n) is 1.08. The lowest BCUT2D eigenvalue weighted by Gasteiger charge is -2.11. The standard InChI is InChI=1S/C10H8F5NO2/c1-16(2)3-4(17)18-10-8(14)6(12)5(11)7(13)9(10)15/h3H2,1-2H3. The second kappa shape index (κ2) is 5.30. The van der Waals surface area contributed by atoms with E-state index in [1.165, 1.54) is 19.0 Å². The Morgan fingerprint density at radius 1 is 0.944 bits per heavy atom. The van der Waals surface area contributed by atoms with Crippen LogP contribution in [0.25, 0.3) is 0 Å². The fourth-order valence-corrected chi connectivity index (χ4v) is 1.08. The van der Waals surface area contributed by atoms with Crippen molar-refractivity contribution in [2.75, 3.05) is 20.6 Å². The number of likely N-dealkylation sites (N-methyl/N-ethyl adjacent to an activating group) is 1. The molecular formula is C10H8F5NO2. The Balaban J connectivity index is 3.14. The van der Waals surface area contributed by atoms with Crippen LogP contribution in [0.3, 0.4) is 0 Å². The van der Waals surface area contributed by atoms with Crippen molar-refractivity contribution in [1.29, 1.82) is 0 Å². The molecular weight excluding hydrogens is 261 g/mol. The van der Waals surface area contributed by atoms with E-state index in [0.29, 0.717) is 0 Å². The number of hydrogen-bond donors (Lipinski definition) is 0. The summed E-state index contributed by atoms with van der Waals surface area (Å²) >= 11 is 0. The highest BCUT2D eigenvalue weighted by Crippen LogP contribution is 2.29. The first-order valence-electron chi connectivity index (χ1n) is 4.62. The minimum absolute atomic E-state index is 0.376. The molecule has 0 amide bonds. The monoisotopic (exact) mass is 269 g/mol. The van der Waals surface area contributed by atoms with E-state index in [4.69, 9.17) is 0 Å². The molecule has 1 aromatic carbocycles. The van der Waals surface area contributed by atoms with E-state index in [1.807, 2.05) is 0 Å². The predicted octanol–water partition coefficient (Wildman–Crippen LogP) is 1.85. The summed E-state index contributed by atoms with van der Waals surface area (Å²) in [7, 11) is 2.92. The summed E-state index contributed by atoms with van der Waals surface area (Å²) in [5.74, 6) is -13.8. The van der Waals surface area contributed by atoms with Crippen molar-refractivity contribution >= 4 is 5.97 Å². The second-order valence-electron chi connectivity index (χ2n) is 3.61. The van der Waals surface area contributed by atoms with Crippen LogP contribution >= 0.6 is 0 Å². The molecule has 0 heterocycles. The minimum Gasteiger partial charge on any atom is -0.419 e. The van der Waals surface area contributed by atoms with Crippen molar-refractivity contribution in [2.24, 2.45) is 0 Å². The third kappa shape index (κ3) is 2.76. The van der Waals surface area contributed by atoms with Gasteiger partial charge in [0, 0.05) is 0 Å². The van der Waals surface area contributed by atoms with Crippen molar-refractivity contribution in [2.45, 2.75) is 0 Å². The van der Waals surface area contributed by atoms with E-state index in [1.54, 1.807) is 0 Å². The van der Waals surface area contributed by atoms with Crippen LogP contribution in [0.5, 0.6) is 5.75 Å². The van der Waals surface area contributed by atoms with Gasteiger partial charge in [-0.15, -0.1) is 0 Å². The number of nitrogens with zero attached hydrogens (tertiary/aromatic N) is 1. The molecule has 0 radical (unpaired) electrons. The average molecular weight is 269 g/mol. The molecule has 0 atom stereocenters. The number of carbonyl (C=O) groups is 1. The van der Waals surface area contributed by atoms with Gasteiger partial charge in [0.1, 0.15) is 0 Å². The first-order valence-corrected chi connectivity index (χ1v) is 4.62. The number of hydrogen-bond acceptors (Lipinski definition) is 3. The van der Waals surface area contributed by atoms with Crippen LogP contribution in [0.2, 0.25) is 0 Å². The number of carbonyl (C=O) groups excluding carboxylic acids is 1. The molecule has 0 saturated carbocycles. The van der Waals surface area contributed by atoms with E-state index in [-0.39, 0.29) is 6.54 Å². The topological polar surface area (TPSA) is 29.5 Å². The lowest BCUT2D eigenvalue weighted by atomic mass is 10.2. The quantitative estimate of drug-likeness (QED) is 0.276. The molecule has 100 valence electrons. The van der Waals surface area contributed by atoms with Crippen molar-refractivity contribution in [3.8, 4) is 5.75 Å². The number of esters is 1. The van der Waals surface area contributed by atoms with E-state index in [9.17, 15) is 26.7 Å². The van der Waals surface area contributed by atoms with Crippen LogP contribution in [0, 0.1) is 29.1 Å². The van der Waals surface area contributed by atoms with Gasteiger partial charge in [0.15, 0.2) is 0 Å². The zero-order chi connectivity index (χ0) is 14.0. The molecule has 0 bridgehead atoms. The third-order valence-electron chi connectivity index (χ3n) is 1.83. The molecule has 0 aromatic heterocycles. The molecule has 8 heteroatoms. The van der Waals surface area contributed by atoms with E-state index in [2.05, 4.69) is 4.74 Å². The van der Waals surface area contributed by atoms with Crippen molar-refractivity contribution in [1.82, 2.24) is 4.90 Å². The zero-order valence-corrected chi connectivity index (χ0v) is 9.36. The molecule has 0 saturated heterocycles. The van der Waals surface area contributed by atoms with E-state index < -0.39 is 40.8 Å². The van der Waals surface area contributed by atoms with Crippen LogP contribution < -0.4 is 4.74 Å². The van der Waals surface area contributed by atoms with Gasteiger partial charge in [-0.2, -0.15) is 8.78 Å². The highest BCUT2D eigenvalue weighted by molar-refractivity contribution is 5.74. The number of ether oxygens (including phenoxy) is 1. The van der Waals surface area contributed by atoms with Crippen LogP contribution in [0.1, 0.15) is 0 Å². The molecule has 0 unspecified atom stereocenters. The molecule has 0 spiro atoms. The maximum Gasteiger partial charge on any atom is 0.325 e.